The quantitative estimate of drug-likeness (QED) is 0.369. The van der Waals surface area contributed by atoms with E-state index in [1.54, 1.807) is 12.2 Å². The van der Waals surface area contributed by atoms with Gasteiger partial charge < -0.3 is 14.8 Å². The molecule has 0 unspecified atom stereocenters. The number of aliphatic hydroxyl groups excluding tert-OH is 1. The normalized spacial score (nSPS) is 15.7. The van der Waals surface area contributed by atoms with E-state index in [9.17, 15) is 5.11 Å². The molecule has 0 aliphatic rings. The predicted molar refractivity (Wildman–Crippen MR) is 90.6 cm³/mol. The van der Waals surface area contributed by atoms with Crippen LogP contribution in [0.25, 0.3) is 0 Å². The van der Waals surface area contributed by atoms with Gasteiger partial charge in [-0.15, -0.1) is 13.2 Å². The van der Waals surface area contributed by atoms with Gasteiger partial charge in [0.25, 0.3) is 0 Å². The number of nitrogens with one attached hydrogen (secondary N) is 1. The van der Waals surface area contributed by atoms with Crippen LogP contribution in [0.5, 0.6) is 0 Å². The number of rotatable bonds is 10. The lowest BCUT2D eigenvalue weighted by Crippen LogP contribution is -2.41. The lowest BCUT2D eigenvalue weighted by molar-refractivity contribution is 0.127. The largest absolute Gasteiger partial charge is 0.417 e. The highest BCUT2D eigenvalue weighted by Crippen LogP contribution is 2.36. The van der Waals surface area contributed by atoms with Crippen LogP contribution >= 0.6 is 0 Å². The van der Waals surface area contributed by atoms with E-state index in [-0.39, 0.29) is 11.1 Å². The van der Waals surface area contributed by atoms with Crippen molar-refractivity contribution in [3.8, 4) is 0 Å². The Morgan fingerprint density at radius 3 is 2.35 bits per heavy atom. The summed E-state index contributed by atoms with van der Waals surface area (Å²) < 4.78 is 6.10. The molecule has 0 spiro atoms. The molecule has 118 valence electrons. The molecule has 0 aliphatic heterocycles. The van der Waals surface area contributed by atoms with Crippen molar-refractivity contribution in [2.24, 2.45) is 0 Å². The van der Waals surface area contributed by atoms with Crippen molar-refractivity contribution in [1.82, 2.24) is 5.32 Å². The molecule has 0 amide bonds. The minimum atomic E-state index is -1.66. The molecule has 0 aromatic carbocycles. The molecule has 0 saturated heterocycles. The predicted octanol–water partition coefficient (Wildman–Crippen LogP) is 3.48. The topological polar surface area (TPSA) is 41.5 Å². The fourth-order valence-corrected chi connectivity index (χ4v) is 2.70. The number of hydrogen-bond donors (Lipinski definition) is 2. The zero-order valence-corrected chi connectivity index (χ0v) is 14.9. The summed E-state index contributed by atoms with van der Waals surface area (Å²) in [7, 11) is -1.66. The summed E-state index contributed by atoms with van der Waals surface area (Å²) in [5.41, 5.74) is 0. The van der Waals surface area contributed by atoms with Gasteiger partial charge in [-0.1, -0.05) is 32.9 Å². The lowest BCUT2D eigenvalue weighted by atomic mass is 10.1. The average molecular weight is 300 g/mol. The standard InChI is InChI=1S/C16H33NO2Si/c1-8-12-17-14(9-2)15(18)11-10-13-19-20(6,7)16(3,4)5/h8-9,14-15,17-18H,1-2,10-13H2,3-7H3/t14-,15-/m0/s1. The molecule has 0 bridgehead atoms. The van der Waals surface area contributed by atoms with Gasteiger partial charge in [-0.05, 0) is 31.0 Å². The second kappa shape index (κ2) is 8.77. The first kappa shape index (κ1) is 19.6. The van der Waals surface area contributed by atoms with Crippen molar-refractivity contribution in [2.75, 3.05) is 13.2 Å². The van der Waals surface area contributed by atoms with Crippen LogP contribution in [0.1, 0.15) is 33.6 Å². The lowest BCUT2D eigenvalue weighted by Gasteiger charge is -2.36. The van der Waals surface area contributed by atoms with Crippen molar-refractivity contribution in [1.29, 1.82) is 0 Å². The Morgan fingerprint density at radius 2 is 1.90 bits per heavy atom. The molecular weight excluding hydrogens is 266 g/mol. The summed E-state index contributed by atoms with van der Waals surface area (Å²) in [6.07, 6.45) is 4.70. The highest BCUT2D eigenvalue weighted by Gasteiger charge is 2.36. The van der Waals surface area contributed by atoms with Crippen LogP contribution in [0.4, 0.5) is 0 Å². The first-order chi connectivity index (χ1) is 9.15. The van der Waals surface area contributed by atoms with Gasteiger partial charge in [-0.25, -0.2) is 0 Å². The third-order valence-electron chi connectivity index (χ3n) is 4.08. The Labute approximate surface area is 126 Å². The second-order valence-electron chi connectivity index (χ2n) is 6.78. The smallest absolute Gasteiger partial charge is 0.191 e. The number of hydrogen-bond acceptors (Lipinski definition) is 3. The summed E-state index contributed by atoms with van der Waals surface area (Å²) in [4.78, 5) is 0. The Kier molecular flexibility index (Phi) is 8.59. The molecule has 3 nitrogen and oxygen atoms in total. The Hall–Kier alpha value is -0.423. The van der Waals surface area contributed by atoms with E-state index in [0.29, 0.717) is 6.54 Å². The second-order valence-corrected chi connectivity index (χ2v) is 11.6. The third-order valence-corrected chi connectivity index (χ3v) is 8.62. The molecule has 0 rings (SSSR count). The van der Waals surface area contributed by atoms with Crippen LogP contribution in [0.15, 0.2) is 25.3 Å². The van der Waals surface area contributed by atoms with Gasteiger partial charge in [-0.2, -0.15) is 0 Å². The van der Waals surface area contributed by atoms with Crippen molar-refractivity contribution in [3.05, 3.63) is 25.3 Å². The Balaban J connectivity index is 4.05. The van der Waals surface area contributed by atoms with Gasteiger partial charge in [0.15, 0.2) is 8.32 Å². The fourth-order valence-electron chi connectivity index (χ4n) is 1.61. The summed E-state index contributed by atoms with van der Waals surface area (Å²) in [6.45, 7) is 20.0. The highest BCUT2D eigenvalue weighted by atomic mass is 28.4. The van der Waals surface area contributed by atoms with Crippen LogP contribution in [0, 0.1) is 0 Å². The van der Waals surface area contributed by atoms with Crippen LogP contribution in [0.3, 0.4) is 0 Å². The minimum absolute atomic E-state index is 0.0825. The van der Waals surface area contributed by atoms with Gasteiger partial charge in [0, 0.05) is 13.2 Å². The molecular formula is C16H33NO2Si. The van der Waals surface area contributed by atoms with Gasteiger partial charge >= 0.3 is 0 Å². The molecule has 0 aromatic rings. The van der Waals surface area contributed by atoms with Crippen molar-refractivity contribution < 1.29 is 9.53 Å². The molecule has 0 saturated carbocycles. The first-order valence-electron chi connectivity index (χ1n) is 7.44. The summed E-state index contributed by atoms with van der Waals surface area (Å²) in [6, 6.07) is -0.0825. The van der Waals surface area contributed by atoms with E-state index in [2.05, 4.69) is 52.3 Å². The maximum atomic E-state index is 10.1. The van der Waals surface area contributed by atoms with E-state index in [1.165, 1.54) is 0 Å². The molecule has 0 fully saturated rings. The first-order valence-corrected chi connectivity index (χ1v) is 10.4. The van der Waals surface area contributed by atoms with Crippen LogP contribution in [-0.4, -0.2) is 38.7 Å². The molecule has 4 heteroatoms. The molecule has 0 heterocycles. The van der Waals surface area contributed by atoms with E-state index >= 15 is 0 Å². The Morgan fingerprint density at radius 1 is 1.30 bits per heavy atom. The molecule has 20 heavy (non-hydrogen) atoms. The molecule has 0 radical (unpaired) electrons. The summed E-state index contributed by atoms with van der Waals surface area (Å²) >= 11 is 0. The van der Waals surface area contributed by atoms with Gasteiger partial charge in [0.1, 0.15) is 0 Å². The van der Waals surface area contributed by atoms with Gasteiger partial charge in [-0.3, -0.25) is 0 Å². The maximum Gasteiger partial charge on any atom is 0.191 e. The molecule has 2 N–H and O–H groups in total. The molecule has 2 atom stereocenters. The third kappa shape index (κ3) is 6.84. The van der Waals surface area contributed by atoms with Gasteiger partial charge in [0.2, 0.25) is 0 Å². The van der Waals surface area contributed by atoms with Gasteiger partial charge in [0.05, 0.1) is 12.1 Å². The van der Waals surface area contributed by atoms with Crippen molar-refractivity contribution in [2.45, 2.75) is 63.9 Å². The van der Waals surface area contributed by atoms with Crippen LogP contribution in [-0.2, 0) is 4.43 Å². The highest BCUT2D eigenvalue weighted by molar-refractivity contribution is 6.74. The zero-order valence-electron chi connectivity index (χ0n) is 13.9. The molecule has 0 aromatic heterocycles. The zero-order chi connectivity index (χ0) is 15.8. The van der Waals surface area contributed by atoms with E-state index < -0.39 is 14.4 Å². The summed E-state index contributed by atoms with van der Waals surface area (Å²) in [5.74, 6) is 0. The van der Waals surface area contributed by atoms with E-state index in [4.69, 9.17) is 4.43 Å². The van der Waals surface area contributed by atoms with Crippen molar-refractivity contribution in [3.63, 3.8) is 0 Å². The van der Waals surface area contributed by atoms with Crippen LogP contribution in [0.2, 0.25) is 18.1 Å². The fraction of sp³-hybridized carbons (Fsp3) is 0.750. The summed E-state index contributed by atoms with van der Waals surface area (Å²) in [5, 5.41) is 13.5. The molecule has 0 aliphatic carbocycles. The maximum absolute atomic E-state index is 10.1. The minimum Gasteiger partial charge on any atom is -0.417 e. The van der Waals surface area contributed by atoms with E-state index in [0.717, 1.165) is 19.4 Å². The Bertz CT molecular complexity index is 297. The van der Waals surface area contributed by atoms with E-state index in [1.807, 2.05) is 0 Å². The van der Waals surface area contributed by atoms with Crippen LogP contribution < -0.4 is 5.32 Å². The van der Waals surface area contributed by atoms with Crippen molar-refractivity contribution >= 4 is 8.32 Å². The SMILES string of the molecule is C=CCN[C@@H](C=C)[C@@H](O)CCCO[Si](C)(C)C(C)(C)C. The average Bonchev–Trinajstić information content (AvgIpc) is 2.34. The number of aliphatic hydroxyl groups is 1. The monoisotopic (exact) mass is 299 g/mol.